The van der Waals surface area contributed by atoms with Crippen LogP contribution in [0.4, 0.5) is 5.69 Å². The van der Waals surface area contributed by atoms with Crippen LogP contribution in [0.2, 0.25) is 0 Å². The number of amides is 1. The Morgan fingerprint density at radius 1 is 1.10 bits per heavy atom. The molecule has 0 saturated heterocycles. The van der Waals surface area contributed by atoms with Crippen molar-refractivity contribution in [1.82, 2.24) is 5.32 Å². The summed E-state index contributed by atoms with van der Waals surface area (Å²) in [7, 11) is -1.86. The summed E-state index contributed by atoms with van der Waals surface area (Å²) in [6.07, 6.45) is 1.81. The second-order valence-corrected chi connectivity index (χ2v) is 9.06. The molecule has 0 aliphatic heterocycles. The van der Waals surface area contributed by atoms with Crippen molar-refractivity contribution in [2.75, 3.05) is 30.8 Å². The number of para-hydroxylation sites is 3. The normalized spacial score (nSPS) is 12.1. The van der Waals surface area contributed by atoms with Gasteiger partial charge in [-0.2, -0.15) is 0 Å². The first-order valence-corrected chi connectivity index (χ1v) is 11.7. The van der Waals surface area contributed by atoms with Gasteiger partial charge in [0, 0.05) is 13.0 Å². The number of nitrogens with zero attached hydrogens (tertiary/aromatic N) is 1. The van der Waals surface area contributed by atoms with E-state index in [0.29, 0.717) is 30.2 Å². The van der Waals surface area contributed by atoms with Crippen LogP contribution in [0.25, 0.3) is 0 Å². The molecule has 0 aromatic heterocycles. The first-order chi connectivity index (χ1) is 14.2. The van der Waals surface area contributed by atoms with E-state index in [1.54, 1.807) is 31.4 Å². The predicted octanol–water partition coefficient (Wildman–Crippen LogP) is 3.13. The number of sulfonamides is 1. The van der Waals surface area contributed by atoms with Gasteiger partial charge in [0.15, 0.2) is 11.5 Å². The lowest BCUT2D eigenvalue weighted by Gasteiger charge is -2.24. The highest BCUT2D eigenvalue weighted by atomic mass is 32.2. The minimum absolute atomic E-state index is 0.149. The SMILES string of the molecule is COc1ccccc1OC[C@@H](C)NC(=O)CCCN(c1ccccc1C)S(C)(=O)=O. The topological polar surface area (TPSA) is 84.9 Å². The second kappa shape index (κ2) is 10.9. The maximum Gasteiger partial charge on any atom is 0.232 e. The quantitative estimate of drug-likeness (QED) is 0.587. The fourth-order valence-corrected chi connectivity index (χ4v) is 4.06. The molecule has 0 fully saturated rings. The predicted molar refractivity (Wildman–Crippen MR) is 119 cm³/mol. The van der Waals surface area contributed by atoms with Crippen LogP contribution in [-0.4, -0.2) is 46.9 Å². The molecule has 164 valence electrons. The molecule has 1 amide bonds. The lowest BCUT2D eigenvalue weighted by atomic mass is 10.2. The Balaban J connectivity index is 1.83. The van der Waals surface area contributed by atoms with Crippen LogP contribution in [-0.2, 0) is 14.8 Å². The molecule has 0 aliphatic rings. The number of anilines is 1. The number of rotatable bonds is 11. The molecule has 0 bridgehead atoms. The van der Waals surface area contributed by atoms with Gasteiger partial charge < -0.3 is 14.8 Å². The Morgan fingerprint density at radius 3 is 2.37 bits per heavy atom. The maximum absolute atomic E-state index is 12.3. The summed E-state index contributed by atoms with van der Waals surface area (Å²) < 4.78 is 36.7. The molecule has 2 aromatic rings. The molecule has 0 heterocycles. The summed E-state index contributed by atoms with van der Waals surface area (Å²) in [6.45, 7) is 4.25. The lowest BCUT2D eigenvalue weighted by Crippen LogP contribution is -2.37. The summed E-state index contributed by atoms with van der Waals surface area (Å²) in [6, 6.07) is 14.4. The Kier molecular flexibility index (Phi) is 8.53. The molecular formula is C22H30N2O5S. The van der Waals surface area contributed by atoms with Gasteiger partial charge in [-0.1, -0.05) is 30.3 Å². The largest absolute Gasteiger partial charge is 0.493 e. The highest BCUT2D eigenvalue weighted by Crippen LogP contribution is 2.26. The standard InChI is InChI=1S/C22H30N2O5S/c1-17-10-5-6-11-19(17)24(30(4,26)27)15-9-14-22(25)23-18(2)16-29-21-13-8-7-12-20(21)28-3/h5-8,10-13,18H,9,14-16H2,1-4H3,(H,23,25)/t18-/m1/s1. The minimum atomic E-state index is -3.44. The molecule has 2 aromatic carbocycles. The van der Waals surface area contributed by atoms with E-state index < -0.39 is 10.0 Å². The van der Waals surface area contributed by atoms with E-state index in [1.165, 1.54) is 10.6 Å². The molecule has 0 aliphatic carbocycles. The molecule has 1 atom stereocenters. The second-order valence-electron chi connectivity index (χ2n) is 7.16. The van der Waals surface area contributed by atoms with Gasteiger partial charge in [0.25, 0.3) is 0 Å². The van der Waals surface area contributed by atoms with Crippen LogP contribution in [0.5, 0.6) is 11.5 Å². The van der Waals surface area contributed by atoms with Crippen LogP contribution in [0.15, 0.2) is 48.5 Å². The average molecular weight is 435 g/mol. The Hall–Kier alpha value is -2.74. The summed E-state index contributed by atoms with van der Waals surface area (Å²) in [5.74, 6) is 1.10. The summed E-state index contributed by atoms with van der Waals surface area (Å²) >= 11 is 0. The molecular weight excluding hydrogens is 404 g/mol. The van der Waals surface area contributed by atoms with Crippen molar-refractivity contribution >= 4 is 21.6 Å². The molecule has 0 unspecified atom stereocenters. The summed E-state index contributed by atoms with van der Waals surface area (Å²) in [5, 5.41) is 2.88. The Labute approximate surface area is 179 Å². The van der Waals surface area contributed by atoms with Crippen LogP contribution >= 0.6 is 0 Å². The third-order valence-corrected chi connectivity index (χ3v) is 5.69. The molecule has 7 nitrogen and oxygen atoms in total. The van der Waals surface area contributed by atoms with Crippen molar-refractivity contribution in [2.45, 2.75) is 32.7 Å². The number of hydrogen-bond donors (Lipinski definition) is 1. The van der Waals surface area contributed by atoms with Crippen molar-refractivity contribution in [1.29, 1.82) is 0 Å². The molecule has 8 heteroatoms. The maximum atomic E-state index is 12.3. The molecule has 2 rings (SSSR count). The number of benzene rings is 2. The zero-order chi connectivity index (χ0) is 22.1. The van der Waals surface area contributed by atoms with E-state index in [0.717, 1.165) is 5.56 Å². The van der Waals surface area contributed by atoms with E-state index in [1.807, 2.05) is 38.1 Å². The van der Waals surface area contributed by atoms with Crippen molar-refractivity contribution < 1.29 is 22.7 Å². The van der Waals surface area contributed by atoms with E-state index in [9.17, 15) is 13.2 Å². The van der Waals surface area contributed by atoms with Crippen molar-refractivity contribution in [3.05, 3.63) is 54.1 Å². The molecule has 30 heavy (non-hydrogen) atoms. The Morgan fingerprint density at radius 2 is 1.73 bits per heavy atom. The highest BCUT2D eigenvalue weighted by Gasteiger charge is 2.19. The van der Waals surface area contributed by atoms with Gasteiger partial charge in [-0.3, -0.25) is 9.10 Å². The fourth-order valence-electron chi connectivity index (χ4n) is 3.03. The number of methoxy groups -OCH3 is 1. The highest BCUT2D eigenvalue weighted by molar-refractivity contribution is 7.92. The smallest absolute Gasteiger partial charge is 0.232 e. The van der Waals surface area contributed by atoms with Gasteiger partial charge in [0.2, 0.25) is 15.9 Å². The minimum Gasteiger partial charge on any atom is -0.493 e. The number of aryl methyl sites for hydroxylation is 1. The van der Waals surface area contributed by atoms with Crippen LogP contribution in [0, 0.1) is 6.92 Å². The van der Waals surface area contributed by atoms with Crippen molar-refractivity contribution in [3.63, 3.8) is 0 Å². The number of carbonyl (C=O) groups excluding carboxylic acids is 1. The third kappa shape index (κ3) is 6.95. The fraction of sp³-hybridized carbons (Fsp3) is 0.409. The van der Waals surface area contributed by atoms with Gasteiger partial charge in [-0.25, -0.2) is 8.42 Å². The first kappa shape index (κ1) is 23.5. The van der Waals surface area contributed by atoms with Gasteiger partial charge in [0.1, 0.15) is 6.61 Å². The Bertz CT molecular complexity index is 946. The summed E-state index contributed by atoms with van der Waals surface area (Å²) in [4.78, 5) is 12.3. The third-order valence-electron chi connectivity index (χ3n) is 4.51. The van der Waals surface area contributed by atoms with E-state index in [2.05, 4.69) is 5.32 Å². The summed E-state index contributed by atoms with van der Waals surface area (Å²) in [5.41, 5.74) is 1.51. The van der Waals surface area contributed by atoms with Crippen LogP contribution < -0.4 is 19.1 Å². The number of nitrogens with one attached hydrogen (secondary N) is 1. The molecule has 1 N–H and O–H groups in total. The molecule has 0 spiro atoms. The van der Waals surface area contributed by atoms with Crippen LogP contribution in [0.1, 0.15) is 25.3 Å². The zero-order valence-corrected chi connectivity index (χ0v) is 18.7. The van der Waals surface area contributed by atoms with Gasteiger partial charge in [-0.05, 0) is 44.0 Å². The van der Waals surface area contributed by atoms with Crippen molar-refractivity contribution in [2.24, 2.45) is 0 Å². The molecule has 0 radical (unpaired) electrons. The van der Waals surface area contributed by atoms with E-state index in [4.69, 9.17) is 9.47 Å². The lowest BCUT2D eigenvalue weighted by molar-refractivity contribution is -0.121. The van der Waals surface area contributed by atoms with Crippen molar-refractivity contribution in [3.8, 4) is 11.5 Å². The first-order valence-electron chi connectivity index (χ1n) is 9.81. The zero-order valence-electron chi connectivity index (χ0n) is 17.9. The van der Waals surface area contributed by atoms with E-state index >= 15 is 0 Å². The van der Waals surface area contributed by atoms with E-state index in [-0.39, 0.29) is 24.9 Å². The monoisotopic (exact) mass is 434 g/mol. The molecule has 0 saturated carbocycles. The number of hydrogen-bond acceptors (Lipinski definition) is 5. The van der Waals surface area contributed by atoms with Gasteiger partial charge in [0.05, 0.1) is 25.1 Å². The number of ether oxygens (including phenoxy) is 2. The number of carbonyl (C=O) groups is 1. The van der Waals surface area contributed by atoms with Gasteiger partial charge >= 0.3 is 0 Å². The van der Waals surface area contributed by atoms with Crippen LogP contribution in [0.3, 0.4) is 0 Å². The average Bonchev–Trinajstić information content (AvgIpc) is 2.70. The van der Waals surface area contributed by atoms with Gasteiger partial charge in [-0.15, -0.1) is 0 Å².